The molecule has 1 amide bonds. The number of rotatable bonds is 6. The van der Waals surface area contributed by atoms with Gasteiger partial charge in [-0.1, -0.05) is 12.8 Å². The van der Waals surface area contributed by atoms with E-state index in [4.69, 9.17) is 9.41 Å². The Morgan fingerprint density at radius 1 is 1.12 bits per heavy atom. The molecule has 0 saturated carbocycles. The lowest BCUT2D eigenvalue weighted by atomic mass is 10.2. The third-order valence-electron chi connectivity index (χ3n) is 5.98. The Hall–Kier alpha value is -2.15. The van der Waals surface area contributed by atoms with Gasteiger partial charge in [0.1, 0.15) is 12.4 Å². The molecule has 4 rings (SSSR count). The van der Waals surface area contributed by atoms with Gasteiger partial charge in [0, 0.05) is 45.8 Å². The Morgan fingerprint density at radius 2 is 1.88 bits per heavy atom. The number of guanidine groups is 1. The number of carbonyl (C=O) groups is 1. The van der Waals surface area contributed by atoms with Gasteiger partial charge < -0.3 is 19.5 Å². The highest BCUT2D eigenvalue weighted by Gasteiger charge is 2.23. The van der Waals surface area contributed by atoms with E-state index in [0.29, 0.717) is 30.5 Å². The van der Waals surface area contributed by atoms with Crippen LogP contribution in [0.2, 0.25) is 0 Å². The largest absolute Gasteiger partial charge is 0.461 e. The minimum Gasteiger partial charge on any atom is -0.461 e. The molecule has 2 aromatic rings. The summed E-state index contributed by atoms with van der Waals surface area (Å²) in [5, 5.41) is 10.5. The van der Waals surface area contributed by atoms with Gasteiger partial charge in [0.25, 0.3) is 0 Å². The second-order valence-corrected chi connectivity index (χ2v) is 8.31. The van der Waals surface area contributed by atoms with Crippen molar-refractivity contribution in [1.82, 2.24) is 35.2 Å². The van der Waals surface area contributed by atoms with Crippen molar-refractivity contribution in [3.05, 3.63) is 24.2 Å². The maximum atomic E-state index is 12.7. The van der Waals surface area contributed by atoms with Gasteiger partial charge in [-0.05, 0) is 31.9 Å². The first-order chi connectivity index (χ1) is 15.7. The number of furan rings is 1. The lowest BCUT2D eigenvalue weighted by molar-refractivity contribution is -0.132. The Balaban J connectivity index is 0.00000306. The van der Waals surface area contributed by atoms with E-state index in [1.165, 1.54) is 12.8 Å². The van der Waals surface area contributed by atoms with E-state index in [0.717, 1.165) is 64.6 Å². The smallest absolute Gasteiger partial charge is 0.236 e. The number of aliphatic imine (C=N–C) groups is 1. The molecule has 4 heterocycles. The van der Waals surface area contributed by atoms with Gasteiger partial charge in [-0.3, -0.25) is 14.8 Å². The molecule has 33 heavy (non-hydrogen) atoms. The van der Waals surface area contributed by atoms with E-state index in [9.17, 15) is 4.79 Å². The van der Waals surface area contributed by atoms with Crippen molar-refractivity contribution in [2.75, 3.05) is 52.4 Å². The first-order valence-electron chi connectivity index (χ1n) is 11.7. The number of aromatic amines is 1. The fraction of sp³-hybridized carbons (Fsp3) is 0.636. The normalized spacial score (nSPS) is 18.0. The van der Waals surface area contributed by atoms with Crippen molar-refractivity contribution in [3.63, 3.8) is 0 Å². The molecule has 0 aliphatic carbocycles. The number of nitrogens with one attached hydrogen (secondary N) is 2. The lowest BCUT2D eigenvalue weighted by Crippen LogP contribution is -2.54. The summed E-state index contributed by atoms with van der Waals surface area (Å²) in [6.45, 7) is 9.01. The van der Waals surface area contributed by atoms with Crippen molar-refractivity contribution in [3.8, 4) is 11.6 Å². The SMILES string of the molecule is CCNC(=NCc1nc(-c2ccco2)n[nH]1)N1CCN(CC(=O)N2CCCCCC2)CC1.I. The number of H-pyrrole nitrogens is 1. The van der Waals surface area contributed by atoms with Gasteiger partial charge in [-0.15, -0.1) is 29.1 Å². The Morgan fingerprint density at radius 3 is 2.55 bits per heavy atom. The fourth-order valence-corrected chi connectivity index (χ4v) is 4.19. The van der Waals surface area contributed by atoms with Gasteiger partial charge in [-0.2, -0.15) is 0 Å². The first kappa shape index (κ1) is 25.5. The predicted molar refractivity (Wildman–Crippen MR) is 137 cm³/mol. The monoisotopic (exact) mass is 570 g/mol. The van der Waals surface area contributed by atoms with E-state index < -0.39 is 0 Å². The number of likely N-dealkylation sites (tertiary alicyclic amines) is 1. The standard InChI is InChI=1S/C22H34N8O2.HI/c1-2-23-22(24-16-19-25-21(27-26-19)18-8-7-15-32-18)30-13-11-28(12-14-30)17-20(31)29-9-5-3-4-6-10-29;/h7-8,15H,2-6,9-14,16-17H2,1H3,(H,23,24)(H,25,26,27);1H. The molecule has 2 aromatic heterocycles. The predicted octanol–water partition coefficient (Wildman–Crippen LogP) is 2.17. The molecule has 2 fully saturated rings. The van der Waals surface area contributed by atoms with Crippen LogP contribution in [-0.4, -0.2) is 94.1 Å². The topological polar surface area (TPSA) is 106 Å². The molecule has 0 atom stereocenters. The summed E-state index contributed by atoms with van der Waals surface area (Å²) in [6.07, 6.45) is 6.36. The van der Waals surface area contributed by atoms with Crippen LogP contribution in [-0.2, 0) is 11.3 Å². The quantitative estimate of drug-likeness (QED) is 0.312. The van der Waals surface area contributed by atoms with Gasteiger partial charge in [0.15, 0.2) is 11.7 Å². The molecular weight excluding hydrogens is 535 g/mol. The minimum absolute atomic E-state index is 0. The van der Waals surface area contributed by atoms with Crippen molar-refractivity contribution in [2.45, 2.75) is 39.2 Å². The number of aromatic nitrogens is 3. The number of piperazine rings is 1. The van der Waals surface area contributed by atoms with Crippen LogP contribution in [0.4, 0.5) is 0 Å². The second kappa shape index (κ2) is 12.9. The second-order valence-electron chi connectivity index (χ2n) is 8.31. The van der Waals surface area contributed by atoms with Crippen LogP contribution in [0.15, 0.2) is 27.8 Å². The van der Waals surface area contributed by atoms with Crippen LogP contribution in [0.3, 0.4) is 0 Å². The zero-order valence-electron chi connectivity index (χ0n) is 19.3. The van der Waals surface area contributed by atoms with Crippen LogP contribution in [0.5, 0.6) is 0 Å². The third kappa shape index (κ3) is 7.16. The molecule has 2 aliphatic heterocycles. The van der Waals surface area contributed by atoms with Crippen molar-refractivity contribution in [1.29, 1.82) is 0 Å². The summed E-state index contributed by atoms with van der Waals surface area (Å²) in [5.74, 6) is 3.00. The molecule has 11 heteroatoms. The van der Waals surface area contributed by atoms with Crippen LogP contribution in [0.1, 0.15) is 38.4 Å². The molecule has 2 aliphatic rings. The van der Waals surface area contributed by atoms with Crippen LogP contribution in [0.25, 0.3) is 11.6 Å². The number of hydrogen-bond acceptors (Lipinski definition) is 6. The van der Waals surface area contributed by atoms with Crippen molar-refractivity contribution >= 4 is 35.8 Å². The first-order valence-corrected chi connectivity index (χ1v) is 11.7. The molecular formula is C22H35IN8O2. The number of amides is 1. The van der Waals surface area contributed by atoms with E-state index in [-0.39, 0.29) is 29.9 Å². The van der Waals surface area contributed by atoms with Crippen molar-refractivity contribution < 1.29 is 9.21 Å². The Labute approximate surface area is 212 Å². The van der Waals surface area contributed by atoms with Gasteiger partial charge in [0.2, 0.25) is 11.7 Å². The molecule has 0 spiro atoms. The molecule has 10 nitrogen and oxygen atoms in total. The third-order valence-corrected chi connectivity index (χ3v) is 5.98. The summed E-state index contributed by atoms with van der Waals surface area (Å²) in [7, 11) is 0. The summed E-state index contributed by atoms with van der Waals surface area (Å²) in [6, 6.07) is 3.64. The minimum atomic E-state index is 0. The maximum absolute atomic E-state index is 12.7. The highest BCUT2D eigenvalue weighted by atomic mass is 127. The van der Waals surface area contributed by atoms with E-state index in [1.807, 2.05) is 12.1 Å². The van der Waals surface area contributed by atoms with Gasteiger partial charge >= 0.3 is 0 Å². The summed E-state index contributed by atoms with van der Waals surface area (Å²) >= 11 is 0. The average molecular weight is 570 g/mol. The molecule has 0 aromatic carbocycles. The van der Waals surface area contributed by atoms with Crippen LogP contribution in [0, 0.1) is 0 Å². The van der Waals surface area contributed by atoms with Crippen LogP contribution < -0.4 is 5.32 Å². The van der Waals surface area contributed by atoms with E-state index in [2.05, 4.69) is 42.1 Å². The fourth-order valence-electron chi connectivity index (χ4n) is 4.19. The molecule has 0 radical (unpaired) electrons. The highest BCUT2D eigenvalue weighted by molar-refractivity contribution is 14.0. The Kier molecular flexibility index (Phi) is 9.97. The summed E-state index contributed by atoms with van der Waals surface area (Å²) in [5.41, 5.74) is 0. The maximum Gasteiger partial charge on any atom is 0.236 e. The number of halogens is 1. The van der Waals surface area contributed by atoms with Gasteiger partial charge in [0.05, 0.1) is 12.8 Å². The van der Waals surface area contributed by atoms with E-state index >= 15 is 0 Å². The summed E-state index contributed by atoms with van der Waals surface area (Å²) < 4.78 is 5.34. The zero-order valence-corrected chi connectivity index (χ0v) is 21.7. The molecule has 0 bridgehead atoms. The van der Waals surface area contributed by atoms with Crippen LogP contribution >= 0.6 is 24.0 Å². The summed E-state index contributed by atoms with van der Waals surface area (Å²) in [4.78, 5) is 28.5. The number of carbonyl (C=O) groups excluding carboxylic acids is 1. The Bertz CT molecular complexity index is 869. The molecule has 2 saturated heterocycles. The molecule has 0 unspecified atom stereocenters. The highest BCUT2D eigenvalue weighted by Crippen LogP contribution is 2.15. The number of nitrogens with zero attached hydrogens (tertiary/aromatic N) is 6. The zero-order chi connectivity index (χ0) is 22.2. The number of hydrogen-bond donors (Lipinski definition) is 2. The average Bonchev–Trinajstić information content (AvgIpc) is 3.43. The molecule has 2 N–H and O–H groups in total. The van der Waals surface area contributed by atoms with Crippen molar-refractivity contribution in [2.24, 2.45) is 4.99 Å². The van der Waals surface area contributed by atoms with Gasteiger partial charge in [-0.25, -0.2) is 9.98 Å². The van der Waals surface area contributed by atoms with E-state index in [1.54, 1.807) is 6.26 Å². The molecule has 182 valence electrons. The lowest BCUT2D eigenvalue weighted by Gasteiger charge is -2.37.